The minimum absolute atomic E-state index is 0.447. The average Bonchev–Trinajstić information content (AvgIpc) is 3.11. The molecular weight excluding hydrogens is 250 g/mol. The van der Waals surface area contributed by atoms with Gasteiger partial charge in [0.1, 0.15) is 5.03 Å². The number of hydrogen-bond donors (Lipinski definition) is 1. The number of aliphatic hydroxyl groups is 1. The van der Waals surface area contributed by atoms with Crippen molar-refractivity contribution in [2.75, 3.05) is 0 Å². The van der Waals surface area contributed by atoms with Crippen LogP contribution in [0.25, 0.3) is 0 Å². The molecule has 2 aromatic heterocycles. The van der Waals surface area contributed by atoms with E-state index in [-0.39, 0.29) is 0 Å². The largest absolute Gasteiger partial charge is 0.389 e. The molecule has 94 valence electrons. The molecular formula is C11H13N5OS. The molecule has 7 heteroatoms. The maximum atomic E-state index is 9.54. The molecule has 18 heavy (non-hydrogen) atoms. The van der Waals surface area contributed by atoms with E-state index in [9.17, 15) is 5.11 Å². The van der Waals surface area contributed by atoms with Crippen LogP contribution in [0.4, 0.5) is 0 Å². The fraction of sp³-hybridized carbons (Fsp3) is 0.455. The molecule has 0 unspecified atom stereocenters. The standard InChI is InChI=1S/C11H13N5OS/c1-7(17)8-4-5-12-10(6-8)18-11-13-14-15-16(11)9-2-3-9/h4-7,9,17H,2-3H2,1H3/t7-/m1/s1. The molecule has 1 N–H and O–H groups in total. The zero-order chi connectivity index (χ0) is 12.5. The number of nitrogens with zero attached hydrogens (tertiary/aromatic N) is 5. The Kier molecular flexibility index (Phi) is 3.00. The first-order chi connectivity index (χ1) is 8.74. The molecule has 1 aliphatic rings. The summed E-state index contributed by atoms with van der Waals surface area (Å²) >= 11 is 1.43. The Balaban J connectivity index is 1.83. The highest BCUT2D eigenvalue weighted by Gasteiger charge is 2.28. The first-order valence-corrected chi connectivity index (χ1v) is 6.65. The highest BCUT2D eigenvalue weighted by atomic mass is 32.2. The highest BCUT2D eigenvalue weighted by Crippen LogP contribution is 2.37. The van der Waals surface area contributed by atoms with Crippen molar-refractivity contribution in [3.8, 4) is 0 Å². The summed E-state index contributed by atoms with van der Waals surface area (Å²) in [6.45, 7) is 1.73. The van der Waals surface area contributed by atoms with Gasteiger partial charge in [-0.25, -0.2) is 9.67 Å². The molecule has 2 aromatic rings. The maximum Gasteiger partial charge on any atom is 0.215 e. The summed E-state index contributed by atoms with van der Waals surface area (Å²) in [5.41, 5.74) is 0.845. The van der Waals surface area contributed by atoms with Crippen LogP contribution in [-0.4, -0.2) is 30.3 Å². The average molecular weight is 263 g/mol. The molecule has 1 fully saturated rings. The molecule has 1 atom stereocenters. The van der Waals surface area contributed by atoms with Gasteiger partial charge in [0.2, 0.25) is 5.16 Å². The Morgan fingerprint density at radius 2 is 2.33 bits per heavy atom. The van der Waals surface area contributed by atoms with Crippen molar-refractivity contribution in [3.05, 3.63) is 23.9 Å². The molecule has 0 radical (unpaired) electrons. The summed E-state index contributed by atoms with van der Waals surface area (Å²) in [5.74, 6) is 0. The summed E-state index contributed by atoms with van der Waals surface area (Å²) in [7, 11) is 0. The predicted molar refractivity (Wildman–Crippen MR) is 65.1 cm³/mol. The third kappa shape index (κ3) is 2.37. The van der Waals surface area contributed by atoms with Crippen LogP contribution in [0.2, 0.25) is 0 Å². The van der Waals surface area contributed by atoms with Crippen molar-refractivity contribution in [1.29, 1.82) is 0 Å². The van der Waals surface area contributed by atoms with Crippen LogP contribution < -0.4 is 0 Å². The van der Waals surface area contributed by atoms with E-state index >= 15 is 0 Å². The van der Waals surface area contributed by atoms with Crippen molar-refractivity contribution >= 4 is 11.8 Å². The summed E-state index contributed by atoms with van der Waals surface area (Å²) in [5, 5.41) is 22.8. The molecule has 0 saturated heterocycles. The maximum absolute atomic E-state index is 9.54. The van der Waals surface area contributed by atoms with Gasteiger partial charge in [0, 0.05) is 6.20 Å². The first kappa shape index (κ1) is 11.6. The lowest BCUT2D eigenvalue weighted by Crippen LogP contribution is -1.99. The van der Waals surface area contributed by atoms with Gasteiger partial charge in [0.25, 0.3) is 0 Å². The number of tetrazole rings is 1. The second-order valence-electron chi connectivity index (χ2n) is 4.34. The van der Waals surface area contributed by atoms with Crippen LogP contribution >= 0.6 is 11.8 Å². The van der Waals surface area contributed by atoms with Gasteiger partial charge in [-0.05, 0) is 59.7 Å². The molecule has 6 nitrogen and oxygen atoms in total. The zero-order valence-corrected chi connectivity index (χ0v) is 10.7. The summed E-state index contributed by atoms with van der Waals surface area (Å²) < 4.78 is 1.85. The van der Waals surface area contributed by atoms with E-state index in [1.54, 1.807) is 19.2 Å². The third-order valence-corrected chi connectivity index (χ3v) is 3.68. The van der Waals surface area contributed by atoms with E-state index in [0.717, 1.165) is 28.6 Å². The minimum atomic E-state index is -0.494. The Morgan fingerprint density at radius 1 is 1.50 bits per heavy atom. The quantitative estimate of drug-likeness (QED) is 0.903. The topological polar surface area (TPSA) is 76.7 Å². The van der Waals surface area contributed by atoms with E-state index in [1.807, 2.05) is 10.7 Å². The van der Waals surface area contributed by atoms with Crippen molar-refractivity contribution in [1.82, 2.24) is 25.2 Å². The van der Waals surface area contributed by atoms with Gasteiger partial charge in [-0.2, -0.15) is 0 Å². The number of aromatic nitrogens is 5. The molecule has 1 saturated carbocycles. The summed E-state index contributed by atoms with van der Waals surface area (Å²) in [6.07, 6.45) is 3.47. The smallest absolute Gasteiger partial charge is 0.215 e. The van der Waals surface area contributed by atoms with E-state index in [0.29, 0.717) is 6.04 Å². The molecule has 1 aliphatic carbocycles. The van der Waals surface area contributed by atoms with Crippen molar-refractivity contribution < 1.29 is 5.11 Å². The Labute approximate surface area is 108 Å². The lowest BCUT2D eigenvalue weighted by molar-refractivity contribution is 0.199. The van der Waals surface area contributed by atoms with Gasteiger partial charge in [-0.1, -0.05) is 0 Å². The second-order valence-corrected chi connectivity index (χ2v) is 5.33. The van der Waals surface area contributed by atoms with Crippen molar-refractivity contribution in [3.63, 3.8) is 0 Å². The van der Waals surface area contributed by atoms with Gasteiger partial charge < -0.3 is 5.11 Å². The lowest BCUT2D eigenvalue weighted by atomic mass is 10.2. The molecule has 0 aliphatic heterocycles. The highest BCUT2D eigenvalue weighted by molar-refractivity contribution is 7.99. The Morgan fingerprint density at radius 3 is 3.06 bits per heavy atom. The number of hydrogen-bond acceptors (Lipinski definition) is 6. The van der Waals surface area contributed by atoms with Gasteiger partial charge in [0.15, 0.2) is 0 Å². The van der Waals surface area contributed by atoms with Crippen LogP contribution in [0.5, 0.6) is 0 Å². The fourth-order valence-corrected chi connectivity index (χ4v) is 2.49. The van der Waals surface area contributed by atoms with Crippen LogP contribution in [0.1, 0.15) is 37.5 Å². The van der Waals surface area contributed by atoms with Crippen LogP contribution in [0, 0.1) is 0 Å². The van der Waals surface area contributed by atoms with E-state index in [4.69, 9.17) is 0 Å². The monoisotopic (exact) mass is 263 g/mol. The summed E-state index contributed by atoms with van der Waals surface area (Å²) in [4.78, 5) is 4.26. The Bertz CT molecular complexity index is 552. The van der Waals surface area contributed by atoms with Crippen LogP contribution in [0.3, 0.4) is 0 Å². The molecule has 0 amide bonds. The number of rotatable bonds is 4. The van der Waals surface area contributed by atoms with Gasteiger partial charge in [-0.15, -0.1) is 5.10 Å². The van der Waals surface area contributed by atoms with Crippen molar-refractivity contribution in [2.45, 2.75) is 42.1 Å². The first-order valence-electron chi connectivity index (χ1n) is 5.84. The van der Waals surface area contributed by atoms with E-state index in [1.165, 1.54) is 11.8 Å². The second kappa shape index (κ2) is 4.66. The zero-order valence-electron chi connectivity index (χ0n) is 9.89. The number of pyridine rings is 1. The Hall–Kier alpha value is -1.47. The fourth-order valence-electron chi connectivity index (χ4n) is 1.63. The molecule has 2 heterocycles. The third-order valence-electron chi connectivity index (χ3n) is 2.79. The normalized spacial score (nSPS) is 16.8. The number of aliphatic hydroxyl groups excluding tert-OH is 1. The minimum Gasteiger partial charge on any atom is -0.389 e. The van der Waals surface area contributed by atoms with Gasteiger partial charge in [-0.3, -0.25) is 0 Å². The SMILES string of the molecule is C[C@@H](O)c1ccnc(Sc2nnnn2C2CC2)c1. The molecule has 0 spiro atoms. The molecule has 0 bridgehead atoms. The molecule has 0 aromatic carbocycles. The van der Waals surface area contributed by atoms with E-state index in [2.05, 4.69) is 20.5 Å². The predicted octanol–water partition coefficient (Wildman–Crippen LogP) is 1.61. The van der Waals surface area contributed by atoms with Gasteiger partial charge >= 0.3 is 0 Å². The van der Waals surface area contributed by atoms with Crippen LogP contribution in [0.15, 0.2) is 28.5 Å². The molecule has 3 rings (SSSR count). The van der Waals surface area contributed by atoms with Crippen LogP contribution in [-0.2, 0) is 0 Å². The summed E-state index contributed by atoms with van der Waals surface area (Å²) in [6, 6.07) is 4.11. The van der Waals surface area contributed by atoms with Gasteiger partial charge in [0.05, 0.1) is 12.1 Å². The van der Waals surface area contributed by atoms with E-state index < -0.39 is 6.10 Å². The lowest BCUT2D eigenvalue weighted by Gasteiger charge is -2.06. The van der Waals surface area contributed by atoms with Crippen molar-refractivity contribution in [2.24, 2.45) is 0 Å².